The van der Waals surface area contributed by atoms with Crippen molar-refractivity contribution in [1.29, 1.82) is 0 Å². The molecule has 3 nitrogen and oxygen atoms in total. The summed E-state index contributed by atoms with van der Waals surface area (Å²) in [5.41, 5.74) is 0. The number of quaternary nitrogens is 1. The third-order valence-corrected chi connectivity index (χ3v) is 1.31. The topological polar surface area (TPSA) is 26.3 Å². The quantitative estimate of drug-likeness (QED) is 0.263. The van der Waals surface area contributed by atoms with E-state index in [9.17, 15) is 4.79 Å². The van der Waals surface area contributed by atoms with Crippen LogP contribution in [0.2, 0.25) is 0 Å². The summed E-state index contributed by atoms with van der Waals surface area (Å²) in [5.74, 6) is 2.16. The zero-order valence-electron chi connectivity index (χ0n) is 7.70. The molecule has 0 bridgehead atoms. The Morgan fingerprint density at radius 1 is 1.67 bits per heavy atom. The second kappa shape index (κ2) is 4.58. The monoisotopic (exact) mass is 168 g/mol. The number of esters is 1. The highest BCUT2D eigenvalue weighted by Crippen LogP contribution is 1.96. The van der Waals surface area contributed by atoms with Crippen molar-refractivity contribution >= 4 is 5.97 Å². The van der Waals surface area contributed by atoms with Gasteiger partial charge in [0.05, 0.1) is 27.3 Å². The Hall–Kier alpha value is -1.27. The predicted octanol–water partition coefficient (Wildman–Crippen LogP) is 0.383. The predicted molar refractivity (Wildman–Crippen MR) is 47.0 cm³/mol. The van der Waals surface area contributed by atoms with Crippen LogP contribution < -0.4 is 0 Å². The molecule has 0 aliphatic carbocycles. The molecule has 0 heterocycles. The second-order valence-corrected chi connectivity index (χ2v) is 2.98. The standard InChI is InChI=1S/C9H14NO2/c1-5-7-10(2,3)8-6-9(11)12-4/h1,6,8H,7H2,2-4H3/q+1/b8-6-. The molecule has 0 radical (unpaired) electrons. The van der Waals surface area contributed by atoms with E-state index in [1.165, 1.54) is 13.2 Å². The molecular weight excluding hydrogens is 154 g/mol. The van der Waals surface area contributed by atoms with Gasteiger partial charge in [-0.05, 0) is 5.92 Å². The number of methoxy groups -OCH3 is 1. The molecule has 0 unspecified atom stereocenters. The highest BCUT2D eigenvalue weighted by atomic mass is 16.5. The average Bonchev–Trinajstić information content (AvgIpc) is 2.00. The van der Waals surface area contributed by atoms with Crippen LogP contribution in [0.1, 0.15) is 0 Å². The van der Waals surface area contributed by atoms with E-state index in [2.05, 4.69) is 10.7 Å². The van der Waals surface area contributed by atoms with Crippen molar-refractivity contribution in [2.75, 3.05) is 27.7 Å². The minimum atomic E-state index is -0.363. The molecule has 0 N–H and O–H groups in total. The maximum Gasteiger partial charge on any atom is 0.335 e. The van der Waals surface area contributed by atoms with Gasteiger partial charge in [-0.3, -0.25) is 4.48 Å². The van der Waals surface area contributed by atoms with Gasteiger partial charge < -0.3 is 4.74 Å². The van der Waals surface area contributed by atoms with Gasteiger partial charge in [-0.25, -0.2) is 4.79 Å². The third kappa shape index (κ3) is 4.53. The van der Waals surface area contributed by atoms with Gasteiger partial charge in [0, 0.05) is 0 Å². The van der Waals surface area contributed by atoms with Crippen LogP contribution in [0.25, 0.3) is 0 Å². The summed E-state index contributed by atoms with van der Waals surface area (Å²) in [6, 6.07) is 0. The van der Waals surface area contributed by atoms with Crippen LogP contribution in [0.5, 0.6) is 0 Å². The molecule has 0 rings (SSSR count). The van der Waals surface area contributed by atoms with E-state index in [1.54, 1.807) is 6.20 Å². The summed E-state index contributed by atoms with van der Waals surface area (Å²) in [6.45, 7) is 0.549. The van der Waals surface area contributed by atoms with Gasteiger partial charge in [0.2, 0.25) is 0 Å². The fraction of sp³-hybridized carbons (Fsp3) is 0.444. The highest BCUT2D eigenvalue weighted by molar-refractivity contribution is 5.81. The molecule has 0 aromatic heterocycles. The third-order valence-electron chi connectivity index (χ3n) is 1.31. The van der Waals surface area contributed by atoms with E-state index in [0.29, 0.717) is 11.0 Å². The molecule has 0 saturated carbocycles. The molecule has 12 heavy (non-hydrogen) atoms. The molecule has 0 aliphatic rings. The van der Waals surface area contributed by atoms with Crippen LogP contribution in [0.4, 0.5) is 0 Å². The summed E-state index contributed by atoms with van der Waals surface area (Å²) < 4.78 is 4.91. The van der Waals surface area contributed by atoms with Crippen LogP contribution in [0, 0.1) is 12.3 Å². The van der Waals surface area contributed by atoms with Gasteiger partial charge in [-0.1, -0.05) is 0 Å². The number of carbonyl (C=O) groups excluding carboxylic acids is 1. The Balaban J connectivity index is 4.14. The van der Waals surface area contributed by atoms with Crippen molar-refractivity contribution in [2.24, 2.45) is 0 Å². The van der Waals surface area contributed by atoms with Crippen LogP contribution in [0.15, 0.2) is 12.3 Å². The molecule has 0 amide bonds. The lowest BCUT2D eigenvalue weighted by Gasteiger charge is -2.21. The molecule has 0 atom stereocenters. The first-order valence-electron chi connectivity index (χ1n) is 3.55. The fourth-order valence-corrected chi connectivity index (χ4v) is 0.619. The minimum Gasteiger partial charge on any atom is -0.466 e. The average molecular weight is 168 g/mol. The number of rotatable bonds is 3. The number of ether oxygens (including phenoxy) is 1. The smallest absolute Gasteiger partial charge is 0.335 e. The Bertz CT molecular complexity index is 223. The largest absolute Gasteiger partial charge is 0.466 e. The molecule has 0 saturated heterocycles. The van der Waals surface area contributed by atoms with Crippen LogP contribution in [-0.4, -0.2) is 38.2 Å². The molecule has 0 aromatic rings. The van der Waals surface area contributed by atoms with Crippen molar-refractivity contribution in [3.05, 3.63) is 12.3 Å². The Morgan fingerprint density at radius 2 is 2.25 bits per heavy atom. The molecule has 0 spiro atoms. The maximum absolute atomic E-state index is 10.7. The Morgan fingerprint density at radius 3 is 2.67 bits per heavy atom. The van der Waals surface area contributed by atoms with Crippen LogP contribution in [-0.2, 0) is 9.53 Å². The summed E-state index contributed by atoms with van der Waals surface area (Å²) in [6.07, 6.45) is 8.21. The van der Waals surface area contributed by atoms with E-state index < -0.39 is 0 Å². The van der Waals surface area contributed by atoms with E-state index in [4.69, 9.17) is 6.42 Å². The first-order valence-corrected chi connectivity index (χ1v) is 3.55. The molecule has 3 heteroatoms. The van der Waals surface area contributed by atoms with Gasteiger partial charge in [-0.15, -0.1) is 6.42 Å². The van der Waals surface area contributed by atoms with Gasteiger partial charge >= 0.3 is 5.97 Å². The molecule has 0 aliphatic heterocycles. The summed E-state index contributed by atoms with van der Waals surface area (Å²) in [7, 11) is 5.15. The SMILES string of the molecule is C#CC[N+](C)(C)/C=C\C(=O)OC. The van der Waals surface area contributed by atoms with Crippen molar-refractivity contribution in [1.82, 2.24) is 0 Å². The lowest BCUT2D eigenvalue weighted by atomic mass is 10.4. The first kappa shape index (κ1) is 10.7. The number of terminal acetylenes is 1. The zero-order valence-corrected chi connectivity index (χ0v) is 7.70. The van der Waals surface area contributed by atoms with E-state index >= 15 is 0 Å². The van der Waals surface area contributed by atoms with Crippen LogP contribution in [0.3, 0.4) is 0 Å². The number of hydrogen-bond acceptors (Lipinski definition) is 2. The van der Waals surface area contributed by atoms with Gasteiger partial charge in [0.15, 0.2) is 0 Å². The highest BCUT2D eigenvalue weighted by Gasteiger charge is 2.08. The maximum atomic E-state index is 10.7. The second-order valence-electron chi connectivity index (χ2n) is 2.98. The minimum absolute atomic E-state index is 0.363. The number of carbonyl (C=O) groups is 1. The number of nitrogens with zero attached hydrogens (tertiary/aromatic N) is 1. The van der Waals surface area contributed by atoms with E-state index in [1.807, 2.05) is 14.1 Å². The van der Waals surface area contributed by atoms with E-state index in [0.717, 1.165) is 0 Å². The van der Waals surface area contributed by atoms with Crippen molar-refractivity contribution in [3.63, 3.8) is 0 Å². The lowest BCUT2D eigenvalue weighted by Crippen LogP contribution is -2.33. The van der Waals surface area contributed by atoms with Crippen molar-refractivity contribution < 1.29 is 14.0 Å². The van der Waals surface area contributed by atoms with E-state index in [-0.39, 0.29) is 5.97 Å². The first-order chi connectivity index (χ1) is 5.52. The van der Waals surface area contributed by atoms with Crippen molar-refractivity contribution in [2.45, 2.75) is 0 Å². The van der Waals surface area contributed by atoms with Crippen LogP contribution >= 0.6 is 0 Å². The Labute approximate surface area is 73.2 Å². The Kier molecular flexibility index (Phi) is 4.09. The normalized spacial score (nSPS) is 11.2. The van der Waals surface area contributed by atoms with Gasteiger partial charge in [0.25, 0.3) is 0 Å². The van der Waals surface area contributed by atoms with Gasteiger partial charge in [0.1, 0.15) is 12.7 Å². The fourth-order valence-electron chi connectivity index (χ4n) is 0.619. The molecule has 0 aromatic carbocycles. The molecule has 66 valence electrons. The summed E-state index contributed by atoms with van der Waals surface area (Å²) in [4.78, 5) is 10.7. The zero-order chi connectivity index (χ0) is 9.61. The number of hydrogen-bond donors (Lipinski definition) is 0. The van der Waals surface area contributed by atoms with Crippen molar-refractivity contribution in [3.8, 4) is 12.3 Å². The summed E-state index contributed by atoms with van der Waals surface area (Å²) in [5, 5.41) is 0. The summed E-state index contributed by atoms with van der Waals surface area (Å²) >= 11 is 0. The lowest BCUT2D eigenvalue weighted by molar-refractivity contribution is -0.830. The van der Waals surface area contributed by atoms with Gasteiger partial charge in [-0.2, -0.15) is 0 Å². The molecule has 0 fully saturated rings. The molecular formula is C9H14NO2+.